The highest BCUT2D eigenvalue weighted by molar-refractivity contribution is 9.10. The molecule has 9 heteroatoms. The van der Waals surface area contributed by atoms with Crippen LogP contribution < -0.4 is 15.0 Å². The second-order valence-electron chi connectivity index (χ2n) is 7.17. The maximum Gasteiger partial charge on any atom is 0.346 e. The summed E-state index contributed by atoms with van der Waals surface area (Å²) in [5.74, 6) is 0.781. The number of methoxy groups -OCH3 is 2. The van der Waals surface area contributed by atoms with E-state index in [0.717, 1.165) is 10.0 Å². The summed E-state index contributed by atoms with van der Waals surface area (Å²) in [6.45, 7) is 7.10. The number of hydrogen-bond donors (Lipinski definition) is 0. The number of allylic oxidation sites excluding steroid dienone is 1. The largest absolute Gasteiger partial charge is 0.493 e. The van der Waals surface area contributed by atoms with E-state index >= 15 is 0 Å². The first-order chi connectivity index (χ1) is 15.8. The topological polar surface area (TPSA) is 92.0 Å². The molecule has 0 fully saturated rings. The molecule has 2 aromatic carbocycles. The average Bonchev–Trinajstić information content (AvgIpc) is 2.80. The molecule has 1 heterocycles. The summed E-state index contributed by atoms with van der Waals surface area (Å²) in [5, 5.41) is 4.83. The zero-order valence-electron chi connectivity index (χ0n) is 18.8. The summed E-state index contributed by atoms with van der Waals surface area (Å²) < 4.78 is 18.1. The maximum absolute atomic E-state index is 13.0. The fourth-order valence-electron chi connectivity index (χ4n) is 3.26. The minimum atomic E-state index is -0.823. The van der Waals surface area contributed by atoms with Gasteiger partial charge in [-0.05, 0) is 56.2 Å². The van der Waals surface area contributed by atoms with Crippen molar-refractivity contribution in [2.75, 3.05) is 14.2 Å². The van der Waals surface area contributed by atoms with Gasteiger partial charge in [0.05, 0.1) is 31.3 Å². The normalized spacial score (nSPS) is 12.0. The van der Waals surface area contributed by atoms with Crippen molar-refractivity contribution in [3.8, 4) is 11.5 Å². The van der Waals surface area contributed by atoms with Gasteiger partial charge >= 0.3 is 5.97 Å². The molecule has 0 bridgehead atoms. The SMILES string of the molecule is C=CCc1cc(C=Nn2c(C)nc3ccc(Br)cc3c2=O)cc(OC)c1O[C@H](C)C(=O)OC. The molecule has 0 N–H and O–H groups in total. The number of halogens is 1. The molecule has 1 aromatic heterocycles. The van der Waals surface area contributed by atoms with Crippen molar-refractivity contribution >= 4 is 39.0 Å². The maximum atomic E-state index is 13.0. The molecule has 0 saturated carbocycles. The van der Waals surface area contributed by atoms with Crippen molar-refractivity contribution < 1.29 is 19.0 Å². The summed E-state index contributed by atoms with van der Waals surface area (Å²) in [7, 11) is 2.80. The smallest absolute Gasteiger partial charge is 0.346 e. The Labute approximate surface area is 199 Å². The second-order valence-corrected chi connectivity index (χ2v) is 8.09. The molecule has 3 rings (SSSR count). The number of aryl methyl sites for hydroxylation is 1. The van der Waals surface area contributed by atoms with Crippen LogP contribution in [0.3, 0.4) is 0 Å². The Morgan fingerprint density at radius 1 is 1.30 bits per heavy atom. The van der Waals surface area contributed by atoms with Gasteiger partial charge in [0.15, 0.2) is 17.6 Å². The molecule has 0 aliphatic carbocycles. The zero-order valence-corrected chi connectivity index (χ0v) is 20.4. The van der Waals surface area contributed by atoms with Crippen molar-refractivity contribution in [2.45, 2.75) is 26.4 Å². The lowest BCUT2D eigenvalue weighted by Gasteiger charge is -2.18. The van der Waals surface area contributed by atoms with Crippen LogP contribution in [0.5, 0.6) is 11.5 Å². The van der Waals surface area contributed by atoms with Crippen molar-refractivity contribution in [2.24, 2.45) is 5.10 Å². The van der Waals surface area contributed by atoms with Gasteiger partial charge in [-0.3, -0.25) is 4.79 Å². The van der Waals surface area contributed by atoms with Gasteiger partial charge < -0.3 is 14.2 Å². The van der Waals surface area contributed by atoms with E-state index < -0.39 is 12.1 Å². The predicted molar refractivity (Wildman–Crippen MR) is 130 cm³/mol. The van der Waals surface area contributed by atoms with Crippen LogP contribution in [0.2, 0.25) is 0 Å². The quantitative estimate of drug-likeness (QED) is 0.256. The van der Waals surface area contributed by atoms with Gasteiger partial charge in [-0.1, -0.05) is 22.0 Å². The zero-order chi connectivity index (χ0) is 24.1. The first-order valence-electron chi connectivity index (χ1n) is 10.1. The van der Waals surface area contributed by atoms with Crippen LogP contribution in [0.1, 0.15) is 23.9 Å². The number of fused-ring (bicyclic) bond motifs is 1. The van der Waals surface area contributed by atoms with Crippen molar-refractivity contribution in [1.29, 1.82) is 0 Å². The van der Waals surface area contributed by atoms with Crippen LogP contribution >= 0.6 is 15.9 Å². The number of carbonyl (C=O) groups excluding carboxylic acids is 1. The van der Waals surface area contributed by atoms with Crippen LogP contribution in [0.4, 0.5) is 0 Å². The summed E-state index contributed by atoms with van der Waals surface area (Å²) in [4.78, 5) is 29.3. The molecular formula is C24H24BrN3O5. The number of nitrogens with zero attached hydrogens (tertiary/aromatic N) is 3. The molecule has 0 spiro atoms. The molecule has 172 valence electrons. The first-order valence-corrected chi connectivity index (χ1v) is 10.9. The molecule has 3 aromatic rings. The molecule has 1 atom stereocenters. The minimum absolute atomic E-state index is 0.278. The molecule has 0 aliphatic heterocycles. The van der Waals surface area contributed by atoms with Crippen LogP contribution in [0.25, 0.3) is 10.9 Å². The van der Waals surface area contributed by atoms with Gasteiger partial charge in [-0.15, -0.1) is 6.58 Å². The highest BCUT2D eigenvalue weighted by Crippen LogP contribution is 2.34. The lowest BCUT2D eigenvalue weighted by atomic mass is 10.1. The van der Waals surface area contributed by atoms with Crippen molar-refractivity contribution in [3.63, 3.8) is 0 Å². The number of aromatic nitrogens is 2. The summed E-state index contributed by atoms with van der Waals surface area (Å²) >= 11 is 3.38. The Balaban J connectivity index is 2.05. The predicted octanol–water partition coefficient (Wildman–Crippen LogP) is 4.03. The van der Waals surface area contributed by atoms with Crippen LogP contribution in [-0.2, 0) is 16.0 Å². The van der Waals surface area contributed by atoms with E-state index in [4.69, 9.17) is 14.2 Å². The third-order valence-electron chi connectivity index (χ3n) is 4.86. The van der Waals surface area contributed by atoms with E-state index in [0.29, 0.717) is 40.2 Å². The van der Waals surface area contributed by atoms with Gasteiger partial charge in [0.1, 0.15) is 5.82 Å². The molecule has 0 unspecified atom stereocenters. The Hall–Kier alpha value is -3.46. The van der Waals surface area contributed by atoms with E-state index in [2.05, 4.69) is 32.6 Å². The van der Waals surface area contributed by atoms with Crippen LogP contribution in [-0.4, -0.2) is 42.2 Å². The van der Waals surface area contributed by atoms with E-state index in [1.54, 1.807) is 44.3 Å². The second kappa shape index (κ2) is 10.4. The van der Waals surface area contributed by atoms with Crippen molar-refractivity contribution in [1.82, 2.24) is 9.66 Å². The Kier molecular flexibility index (Phi) is 7.65. The number of esters is 1. The van der Waals surface area contributed by atoms with E-state index in [1.165, 1.54) is 18.9 Å². The summed E-state index contributed by atoms with van der Waals surface area (Å²) in [5.41, 5.74) is 1.73. The number of benzene rings is 2. The lowest BCUT2D eigenvalue weighted by Crippen LogP contribution is -2.25. The minimum Gasteiger partial charge on any atom is -0.493 e. The molecule has 0 saturated heterocycles. The lowest BCUT2D eigenvalue weighted by molar-refractivity contribution is -0.147. The van der Waals surface area contributed by atoms with Gasteiger partial charge in [0.2, 0.25) is 0 Å². The number of ether oxygens (including phenoxy) is 3. The third kappa shape index (κ3) is 5.31. The molecule has 0 aliphatic rings. The van der Waals surface area contributed by atoms with Crippen LogP contribution in [0, 0.1) is 6.92 Å². The summed E-state index contributed by atoms with van der Waals surface area (Å²) in [6, 6.07) is 8.87. The third-order valence-corrected chi connectivity index (χ3v) is 5.35. The molecule has 0 radical (unpaired) electrons. The Morgan fingerprint density at radius 2 is 2.06 bits per heavy atom. The molecule has 8 nitrogen and oxygen atoms in total. The van der Waals surface area contributed by atoms with Gasteiger partial charge in [-0.25, -0.2) is 9.78 Å². The van der Waals surface area contributed by atoms with E-state index in [1.807, 2.05) is 12.1 Å². The first kappa shape index (κ1) is 24.2. The fraction of sp³-hybridized carbons (Fsp3) is 0.250. The monoisotopic (exact) mass is 513 g/mol. The fourth-order valence-corrected chi connectivity index (χ4v) is 3.62. The number of rotatable bonds is 8. The number of carbonyl (C=O) groups is 1. The molecule has 33 heavy (non-hydrogen) atoms. The molecular weight excluding hydrogens is 490 g/mol. The standard InChI is InChI=1S/C24H24BrN3O5/c1-6-7-17-10-16(11-21(31-4)22(17)33-14(2)24(30)32-5)13-26-28-15(3)27-20-9-8-18(25)12-19(20)23(28)29/h6,8-14H,1,7H2,2-5H3/t14-/m1/s1. The van der Waals surface area contributed by atoms with Crippen LogP contribution in [0.15, 0.2) is 57.4 Å². The van der Waals surface area contributed by atoms with Gasteiger partial charge in [0.25, 0.3) is 5.56 Å². The Morgan fingerprint density at radius 3 is 2.73 bits per heavy atom. The Bertz CT molecular complexity index is 1300. The summed E-state index contributed by atoms with van der Waals surface area (Å²) in [6.07, 6.45) is 2.90. The number of hydrogen-bond acceptors (Lipinski definition) is 7. The van der Waals surface area contributed by atoms with Gasteiger partial charge in [0, 0.05) is 10.0 Å². The highest BCUT2D eigenvalue weighted by atomic mass is 79.9. The van der Waals surface area contributed by atoms with Crippen molar-refractivity contribution in [3.05, 3.63) is 74.8 Å². The van der Waals surface area contributed by atoms with Gasteiger partial charge in [-0.2, -0.15) is 9.78 Å². The molecule has 0 amide bonds. The van der Waals surface area contributed by atoms with E-state index in [9.17, 15) is 9.59 Å². The highest BCUT2D eigenvalue weighted by Gasteiger charge is 2.20. The average molecular weight is 514 g/mol. The van der Waals surface area contributed by atoms with E-state index in [-0.39, 0.29) is 5.56 Å².